The molecule has 1 aliphatic rings. The zero-order valence-electron chi connectivity index (χ0n) is 14.1. The molecule has 1 amide bonds. The number of likely N-dealkylation sites (tertiary alicyclic amines) is 1. The highest BCUT2D eigenvalue weighted by molar-refractivity contribution is 5.68. The van der Waals surface area contributed by atoms with Gasteiger partial charge in [-0.05, 0) is 58.1 Å². The maximum absolute atomic E-state index is 12.0. The molecular formula is C18H27NO3. The van der Waals surface area contributed by atoms with Crippen molar-refractivity contribution in [2.75, 3.05) is 19.7 Å². The molecule has 1 aromatic rings. The first-order valence-electron chi connectivity index (χ1n) is 8.01. The van der Waals surface area contributed by atoms with E-state index in [0.29, 0.717) is 12.5 Å². The molecule has 0 unspecified atom stereocenters. The highest BCUT2D eigenvalue weighted by Gasteiger charge is 2.27. The molecule has 0 bridgehead atoms. The number of carbonyl (C=O) groups excluding carboxylic acids is 1. The van der Waals surface area contributed by atoms with Crippen molar-refractivity contribution in [1.29, 1.82) is 0 Å². The molecule has 1 aromatic carbocycles. The maximum atomic E-state index is 12.0. The zero-order valence-corrected chi connectivity index (χ0v) is 14.1. The molecule has 0 radical (unpaired) electrons. The summed E-state index contributed by atoms with van der Waals surface area (Å²) < 4.78 is 11.3. The zero-order chi connectivity index (χ0) is 16.2. The summed E-state index contributed by atoms with van der Waals surface area (Å²) in [7, 11) is 0. The van der Waals surface area contributed by atoms with Gasteiger partial charge < -0.3 is 14.4 Å². The van der Waals surface area contributed by atoms with Gasteiger partial charge in [-0.3, -0.25) is 0 Å². The monoisotopic (exact) mass is 305 g/mol. The molecule has 4 heteroatoms. The van der Waals surface area contributed by atoms with Crippen LogP contribution in [-0.2, 0) is 4.74 Å². The summed E-state index contributed by atoms with van der Waals surface area (Å²) in [5.41, 5.74) is 0.732. The molecule has 1 fully saturated rings. The van der Waals surface area contributed by atoms with Gasteiger partial charge in [0, 0.05) is 13.1 Å². The van der Waals surface area contributed by atoms with E-state index in [2.05, 4.69) is 13.0 Å². The second kappa shape index (κ2) is 7.03. The largest absolute Gasteiger partial charge is 0.493 e. The van der Waals surface area contributed by atoms with E-state index in [-0.39, 0.29) is 6.09 Å². The van der Waals surface area contributed by atoms with E-state index >= 15 is 0 Å². The molecule has 0 saturated carbocycles. The first-order chi connectivity index (χ1) is 10.3. The van der Waals surface area contributed by atoms with Gasteiger partial charge in [0.05, 0.1) is 6.61 Å². The Kier molecular flexibility index (Phi) is 5.33. The highest BCUT2D eigenvalue weighted by Crippen LogP contribution is 2.22. The normalized spacial score (nSPS) is 16.5. The van der Waals surface area contributed by atoms with Crippen molar-refractivity contribution in [2.45, 2.75) is 46.1 Å². The number of benzene rings is 1. The Morgan fingerprint density at radius 3 is 2.45 bits per heavy atom. The van der Waals surface area contributed by atoms with E-state index in [1.165, 1.54) is 0 Å². The summed E-state index contributed by atoms with van der Waals surface area (Å²) in [6.45, 7) is 9.95. The van der Waals surface area contributed by atoms with Crippen LogP contribution < -0.4 is 4.74 Å². The van der Waals surface area contributed by atoms with Gasteiger partial charge in [0.1, 0.15) is 11.4 Å². The maximum Gasteiger partial charge on any atom is 0.410 e. The van der Waals surface area contributed by atoms with Gasteiger partial charge in [0.2, 0.25) is 0 Å². The van der Waals surface area contributed by atoms with E-state index in [1.807, 2.05) is 39.0 Å². The summed E-state index contributed by atoms with van der Waals surface area (Å²) in [5.74, 6) is 1.45. The van der Waals surface area contributed by atoms with E-state index in [4.69, 9.17) is 9.47 Å². The van der Waals surface area contributed by atoms with Crippen molar-refractivity contribution in [1.82, 2.24) is 4.90 Å². The van der Waals surface area contributed by atoms with Crippen molar-refractivity contribution in [3.8, 4) is 5.75 Å². The molecule has 122 valence electrons. The molecule has 0 spiro atoms. The molecule has 1 saturated heterocycles. The molecule has 22 heavy (non-hydrogen) atoms. The second-order valence-corrected chi connectivity index (χ2v) is 6.99. The summed E-state index contributed by atoms with van der Waals surface area (Å²) in [4.78, 5) is 13.8. The van der Waals surface area contributed by atoms with Crippen LogP contribution in [0.2, 0.25) is 0 Å². The molecule has 1 aliphatic heterocycles. The fourth-order valence-corrected chi connectivity index (χ4v) is 2.53. The van der Waals surface area contributed by atoms with Crippen molar-refractivity contribution >= 4 is 6.09 Å². The lowest BCUT2D eigenvalue weighted by Crippen LogP contribution is -2.42. The predicted molar refractivity (Wildman–Crippen MR) is 87.2 cm³/mol. The number of hydrogen-bond donors (Lipinski definition) is 0. The van der Waals surface area contributed by atoms with Gasteiger partial charge in [-0.25, -0.2) is 4.79 Å². The Bertz CT molecular complexity index is 499. The first-order valence-corrected chi connectivity index (χ1v) is 8.01. The molecule has 4 nitrogen and oxygen atoms in total. The average molecular weight is 305 g/mol. The predicted octanol–water partition coefficient (Wildman–Crippen LogP) is 4.02. The van der Waals surface area contributed by atoms with Crippen molar-refractivity contribution < 1.29 is 14.3 Å². The smallest absolute Gasteiger partial charge is 0.410 e. The summed E-state index contributed by atoms with van der Waals surface area (Å²) in [5, 5.41) is 0. The topological polar surface area (TPSA) is 38.8 Å². The standard InChI is InChI=1S/C18H27NO3/c1-14-7-5-6-8-16(14)21-13-15-9-11-19(12-10-15)17(20)22-18(2,3)4/h5-8,15H,9-13H2,1-4H3. The average Bonchev–Trinajstić information content (AvgIpc) is 2.45. The first kappa shape index (κ1) is 16.7. The number of ether oxygens (including phenoxy) is 2. The third kappa shape index (κ3) is 4.93. The van der Waals surface area contributed by atoms with Crippen LogP contribution in [-0.4, -0.2) is 36.3 Å². The number of aryl methyl sites for hydroxylation is 1. The van der Waals surface area contributed by atoms with Crippen LogP contribution >= 0.6 is 0 Å². The fraction of sp³-hybridized carbons (Fsp3) is 0.611. The third-order valence-electron chi connectivity index (χ3n) is 3.83. The van der Waals surface area contributed by atoms with Crippen LogP contribution in [0.4, 0.5) is 4.79 Å². The Morgan fingerprint density at radius 2 is 1.86 bits per heavy atom. The van der Waals surface area contributed by atoms with Crippen LogP contribution in [0.25, 0.3) is 0 Å². The minimum Gasteiger partial charge on any atom is -0.493 e. The molecule has 2 rings (SSSR count). The Balaban J connectivity index is 1.76. The highest BCUT2D eigenvalue weighted by atomic mass is 16.6. The molecule has 0 N–H and O–H groups in total. The lowest BCUT2D eigenvalue weighted by atomic mass is 9.98. The summed E-state index contributed by atoms with van der Waals surface area (Å²) in [6.07, 6.45) is 1.72. The van der Waals surface area contributed by atoms with Crippen LogP contribution in [0, 0.1) is 12.8 Å². The van der Waals surface area contributed by atoms with E-state index in [9.17, 15) is 4.79 Å². The van der Waals surface area contributed by atoms with Crippen LogP contribution in [0.15, 0.2) is 24.3 Å². The van der Waals surface area contributed by atoms with Gasteiger partial charge in [0.15, 0.2) is 0 Å². The van der Waals surface area contributed by atoms with Gasteiger partial charge >= 0.3 is 6.09 Å². The van der Waals surface area contributed by atoms with Crippen molar-refractivity contribution in [3.63, 3.8) is 0 Å². The number of carbonyl (C=O) groups is 1. The fourth-order valence-electron chi connectivity index (χ4n) is 2.53. The third-order valence-corrected chi connectivity index (χ3v) is 3.83. The minimum atomic E-state index is -0.429. The Labute approximate surface area is 133 Å². The molecular weight excluding hydrogens is 278 g/mol. The summed E-state index contributed by atoms with van der Waals surface area (Å²) in [6, 6.07) is 8.07. The lowest BCUT2D eigenvalue weighted by molar-refractivity contribution is 0.0165. The van der Waals surface area contributed by atoms with Crippen LogP contribution in [0.3, 0.4) is 0 Å². The van der Waals surface area contributed by atoms with Gasteiger partial charge in [-0.15, -0.1) is 0 Å². The summed E-state index contributed by atoms with van der Waals surface area (Å²) >= 11 is 0. The van der Waals surface area contributed by atoms with E-state index in [0.717, 1.165) is 37.2 Å². The number of para-hydroxylation sites is 1. The van der Waals surface area contributed by atoms with Crippen LogP contribution in [0.5, 0.6) is 5.75 Å². The minimum absolute atomic E-state index is 0.203. The van der Waals surface area contributed by atoms with Crippen molar-refractivity contribution in [2.24, 2.45) is 5.92 Å². The number of rotatable bonds is 3. The van der Waals surface area contributed by atoms with E-state index < -0.39 is 5.60 Å². The van der Waals surface area contributed by atoms with Crippen LogP contribution in [0.1, 0.15) is 39.2 Å². The van der Waals surface area contributed by atoms with Gasteiger partial charge in [0.25, 0.3) is 0 Å². The molecule has 0 aliphatic carbocycles. The Hall–Kier alpha value is -1.71. The number of nitrogens with zero attached hydrogens (tertiary/aromatic N) is 1. The molecule has 1 heterocycles. The van der Waals surface area contributed by atoms with Gasteiger partial charge in [-0.1, -0.05) is 18.2 Å². The quantitative estimate of drug-likeness (QED) is 0.846. The Morgan fingerprint density at radius 1 is 1.23 bits per heavy atom. The lowest BCUT2D eigenvalue weighted by Gasteiger charge is -2.33. The SMILES string of the molecule is Cc1ccccc1OCC1CCN(C(=O)OC(C)(C)C)CC1. The molecule has 0 aromatic heterocycles. The second-order valence-electron chi connectivity index (χ2n) is 6.99. The van der Waals surface area contributed by atoms with Crippen molar-refractivity contribution in [3.05, 3.63) is 29.8 Å². The molecule has 0 atom stereocenters. The van der Waals surface area contributed by atoms with E-state index in [1.54, 1.807) is 4.90 Å². The number of piperidine rings is 1. The number of hydrogen-bond acceptors (Lipinski definition) is 3. The number of amides is 1. The van der Waals surface area contributed by atoms with Gasteiger partial charge in [-0.2, -0.15) is 0 Å².